The first-order chi connectivity index (χ1) is 16.5. The summed E-state index contributed by atoms with van der Waals surface area (Å²) in [5.74, 6) is 0. The van der Waals surface area contributed by atoms with Gasteiger partial charge in [-0.1, -0.05) is 116 Å². The van der Waals surface area contributed by atoms with Crippen LogP contribution in [0.1, 0.15) is 135 Å². The Morgan fingerprint density at radius 3 is 1.43 bits per heavy atom. The molecule has 0 aromatic heterocycles. The molecular formula is C24H49ClO8S2. The molecule has 0 aliphatic heterocycles. The maximum Gasteiger partial charge on any atom is 0.397 e. The minimum absolute atomic E-state index is 0.0315. The molecule has 0 fully saturated rings. The summed E-state index contributed by atoms with van der Waals surface area (Å²) in [5.41, 5.74) is 0. The molecule has 0 radical (unpaired) electrons. The van der Waals surface area contributed by atoms with E-state index in [1.807, 2.05) is 0 Å². The summed E-state index contributed by atoms with van der Waals surface area (Å²) in [5, 5.41) is -0.431. The Balaban J connectivity index is 3.78. The standard InChI is InChI=1S/C24H49ClO8S2/c1-2-3-4-5-11-15-18-21-24(33-35(29,30)31)23(25)20-17-14-12-9-7-6-8-10-13-16-19-22-32-34(26,27)28/h23-24H,2-22H2,1H3,(H,26,27,28)(H,29,30,31)/t23-,24-/m1/s1. The van der Waals surface area contributed by atoms with Gasteiger partial charge in [-0.25, -0.2) is 8.37 Å². The van der Waals surface area contributed by atoms with E-state index in [1.54, 1.807) is 0 Å². The monoisotopic (exact) mass is 564 g/mol. The van der Waals surface area contributed by atoms with Crippen molar-refractivity contribution in [1.82, 2.24) is 0 Å². The first kappa shape index (κ1) is 35.0. The molecule has 0 bridgehead atoms. The number of hydrogen-bond donors (Lipinski definition) is 2. The first-order valence-corrected chi connectivity index (χ1v) is 16.6. The van der Waals surface area contributed by atoms with Crippen molar-refractivity contribution in [2.45, 2.75) is 147 Å². The lowest BCUT2D eigenvalue weighted by Gasteiger charge is -2.21. The Morgan fingerprint density at radius 2 is 1.00 bits per heavy atom. The van der Waals surface area contributed by atoms with Crippen molar-refractivity contribution in [3.8, 4) is 0 Å². The molecule has 2 atom stereocenters. The van der Waals surface area contributed by atoms with E-state index in [4.69, 9.17) is 24.9 Å². The largest absolute Gasteiger partial charge is 0.397 e. The Labute approximate surface area is 219 Å². The van der Waals surface area contributed by atoms with Crippen molar-refractivity contribution in [3.63, 3.8) is 0 Å². The van der Waals surface area contributed by atoms with Crippen molar-refractivity contribution >= 4 is 32.4 Å². The molecule has 8 nitrogen and oxygen atoms in total. The van der Waals surface area contributed by atoms with E-state index in [1.165, 1.54) is 38.5 Å². The molecule has 212 valence electrons. The van der Waals surface area contributed by atoms with Crippen LogP contribution in [0.4, 0.5) is 0 Å². The van der Waals surface area contributed by atoms with E-state index < -0.39 is 32.3 Å². The van der Waals surface area contributed by atoms with Crippen LogP contribution in [0.2, 0.25) is 0 Å². The summed E-state index contributed by atoms with van der Waals surface area (Å²) in [6, 6.07) is 0. The minimum atomic E-state index is -4.51. The van der Waals surface area contributed by atoms with E-state index in [0.717, 1.165) is 70.6 Å². The second-order valence-electron chi connectivity index (χ2n) is 9.42. The fraction of sp³-hybridized carbons (Fsp3) is 1.00. The molecule has 35 heavy (non-hydrogen) atoms. The summed E-state index contributed by atoms with van der Waals surface area (Å²) in [6.45, 7) is 2.21. The quantitative estimate of drug-likeness (QED) is 0.0630. The lowest BCUT2D eigenvalue weighted by Crippen LogP contribution is -2.27. The van der Waals surface area contributed by atoms with Gasteiger partial charge in [0.05, 0.1) is 18.1 Å². The zero-order chi connectivity index (χ0) is 26.4. The van der Waals surface area contributed by atoms with Crippen molar-refractivity contribution in [2.75, 3.05) is 6.61 Å². The van der Waals surface area contributed by atoms with Crippen LogP contribution in [0.25, 0.3) is 0 Å². The number of rotatable bonds is 26. The molecule has 0 spiro atoms. The van der Waals surface area contributed by atoms with E-state index >= 15 is 0 Å². The van der Waals surface area contributed by atoms with Crippen LogP contribution in [-0.2, 0) is 29.2 Å². The molecular weight excluding hydrogens is 516 g/mol. The van der Waals surface area contributed by atoms with Crippen molar-refractivity contribution in [1.29, 1.82) is 0 Å². The second-order valence-corrected chi connectivity index (χ2v) is 12.1. The van der Waals surface area contributed by atoms with Gasteiger partial charge in [0.1, 0.15) is 0 Å². The normalized spacial score (nSPS) is 14.3. The highest BCUT2D eigenvalue weighted by molar-refractivity contribution is 7.81. The Morgan fingerprint density at radius 1 is 0.600 bits per heavy atom. The highest BCUT2D eigenvalue weighted by atomic mass is 35.5. The van der Waals surface area contributed by atoms with Gasteiger partial charge in [0, 0.05) is 0 Å². The van der Waals surface area contributed by atoms with Crippen LogP contribution in [0, 0.1) is 0 Å². The summed E-state index contributed by atoms with van der Waals surface area (Å²) in [4.78, 5) is 0. The number of halogens is 1. The fourth-order valence-electron chi connectivity index (χ4n) is 4.13. The van der Waals surface area contributed by atoms with Crippen molar-refractivity contribution < 1.29 is 34.3 Å². The molecule has 0 amide bonds. The smallest absolute Gasteiger partial charge is 0.264 e. The Kier molecular flexibility index (Phi) is 22.1. The highest BCUT2D eigenvalue weighted by Gasteiger charge is 2.24. The zero-order valence-electron chi connectivity index (χ0n) is 21.5. The topological polar surface area (TPSA) is 127 Å². The summed E-state index contributed by atoms with van der Waals surface area (Å²) in [6.07, 6.45) is 19.7. The van der Waals surface area contributed by atoms with Crippen LogP contribution in [0.5, 0.6) is 0 Å². The summed E-state index contributed by atoms with van der Waals surface area (Å²) >= 11 is 6.45. The van der Waals surface area contributed by atoms with E-state index in [0.29, 0.717) is 19.3 Å². The number of unbranched alkanes of at least 4 members (excludes halogenated alkanes) is 16. The number of alkyl halides is 1. The third-order valence-electron chi connectivity index (χ3n) is 6.10. The van der Waals surface area contributed by atoms with E-state index in [2.05, 4.69) is 11.1 Å². The molecule has 0 saturated carbocycles. The van der Waals surface area contributed by atoms with E-state index in [9.17, 15) is 16.8 Å². The molecule has 0 aromatic carbocycles. The zero-order valence-corrected chi connectivity index (χ0v) is 23.9. The minimum Gasteiger partial charge on any atom is -0.264 e. The van der Waals surface area contributed by atoms with Gasteiger partial charge in [-0.15, -0.1) is 11.6 Å². The third kappa shape index (κ3) is 26.9. The Hall–Kier alpha value is 0.0300. The molecule has 0 rings (SSSR count). The average molecular weight is 565 g/mol. The van der Waals surface area contributed by atoms with Crippen molar-refractivity contribution in [3.05, 3.63) is 0 Å². The molecule has 0 heterocycles. The van der Waals surface area contributed by atoms with Crippen molar-refractivity contribution in [2.24, 2.45) is 0 Å². The molecule has 2 N–H and O–H groups in total. The van der Waals surface area contributed by atoms with Gasteiger partial charge in [0.15, 0.2) is 0 Å². The van der Waals surface area contributed by atoms with Gasteiger partial charge in [-0.3, -0.25) is 9.11 Å². The lowest BCUT2D eigenvalue weighted by atomic mass is 10.0. The van der Waals surface area contributed by atoms with Crippen LogP contribution in [0.3, 0.4) is 0 Å². The number of hydrogen-bond acceptors (Lipinski definition) is 6. The maximum atomic E-state index is 11.2. The van der Waals surface area contributed by atoms with Crippen LogP contribution in [0.15, 0.2) is 0 Å². The second kappa shape index (κ2) is 22.1. The summed E-state index contributed by atoms with van der Waals surface area (Å²) < 4.78 is 70.0. The van der Waals surface area contributed by atoms with Crippen LogP contribution in [-0.4, -0.2) is 44.0 Å². The van der Waals surface area contributed by atoms with Gasteiger partial charge in [0.2, 0.25) is 0 Å². The molecule has 11 heteroatoms. The third-order valence-corrected chi connectivity index (χ3v) is 7.55. The van der Waals surface area contributed by atoms with Gasteiger partial charge in [-0.05, 0) is 19.3 Å². The maximum absolute atomic E-state index is 11.2. The first-order valence-electron chi connectivity index (χ1n) is 13.5. The SMILES string of the molecule is CCCCCCCCC[C@@H](OS(=O)(=O)O)[C@H](Cl)CCCCCCCCCCCCCOS(=O)(=O)O. The predicted molar refractivity (Wildman–Crippen MR) is 142 cm³/mol. The lowest BCUT2D eigenvalue weighted by molar-refractivity contribution is 0.160. The molecule has 0 aliphatic carbocycles. The fourth-order valence-corrected chi connectivity index (χ4v) is 5.39. The molecule has 0 saturated heterocycles. The van der Waals surface area contributed by atoms with Crippen LogP contribution >= 0.6 is 11.6 Å². The average Bonchev–Trinajstić information content (AvgIpc) is 2.76. The van der Waals surface area contributed by atoms with Gasteiger partial charge in [-0.2, -0.15) is 16.8 Å². The summed E-state index contributed by atoms with van der Waals surface area (Å²) in [7, 11) is -8.82. The Bertz CT molecular complexity index is 686. The molecule has 0 aromatic rings. The molecule has 0 unspecified atom stereocenters. The molecule has 0 aliphatic rings. The van der Waals surface area contributed by atoms with Gasteiger partial charge in [0.25, 0.3) is 0 Å². The predicted octanol–water partition coefficient (Wildman–Crippen LogP) is 7.42. The highest BCUT2D eigenvalue weighted by Crippen LogP contribution is 2.23. The van der Waals surface area contributed by atoms with Gasteiger partial charge < -0.3 is 0 Å². The van der Waals surface area contributed by atoms with Crippen LogP contribution < -0.4 is 0 Å². The van der Waals surface area contributed by atoms with E-state index in [-0.39, 0.29) is 6.61 Å². The van der Waals surface area contributed by atoms with Gasteiger partial charge >= 0.3 is 20.8 Å².